The van der Waals surface area contributed by atoms with E-state index >= 15 is 0 Å². The molecule has 1 spiro atoms. The fourth-order valence-corrected chi connectivity index (χ4v) is 5.02. The van der Waals surface area contributed by atoms with Crippen LogP contribution in [0.25, 0.3) is 22.0 Å². The van der Waals surface area contributed by atoms with Crippen molar-refractivity contribution in [3.8, 4) is 11.1 Å². The van der Waals surface area contributed by atoms with Gasteiger partial charge in [0.05, 0.1) is 22.8 Å². The molecule has 1 aromatic carbocycles. The summed E-state index contributed by atoms with van der Waals surface area (Å²) in [5.74, 6) is -0.306. The third kappa shape index (κ3) is 2.67. The first kappa shape index (κ1) is 18.2. The molecule has 5 heteroatoms. The molecule has 1 amide bonds. The highest BCUT2D eigenvalue weighted by atomic mass is 19.1. The van der Waals surface area contributed by atoms with Crippen molar-refractivity contribution in [3.63, 3.8) is 0 Å². The largest absolute Gasteiger partial charge is 0.313 e. The number of nitrogens with zero attached hydrogens (tertiary/aromatic N) is 3. The van der Waals surface area contributed by atoms with Gasteiger partial charge in [0.2, 0.25) is 11.9 Å². The minimum atomic E-state index is -0.493. The zero-order chi connectivity index (χ0) is 20.4. The van der Waals surface area contributed by atoms with Crippen LogP contribution in [-0.4, -0.2) is 22.9 Å². The summed E-state index contributed by atoms with van der Waals surface area (Å²) in [6.45, 7) is 4.57. The van der Waals surface area contributed by atoms with Gasteiger partial charge < -0.3 is 4.90 Å². The molecule has 0 unspecified atom stereocenters. The number of carbonyl (C=O) groups is 1. The summed E-state index contributed by atoms with van der Waals surface area (Å²) in [5, 5.41) is 1.02. The van der Waals surface area contributed by atoms with E-state index in [2.05, 4.69) is 29.9 Å². The number of aromatic nitrogens is 2. The standard InChI is InChI=1S/C24H24FN3O/c1-23(2)8-10-24(11-9-23)21-17-12-15(16-5-7-20(25)27-13-16)4-6-18(17)26-14-19(21)28(3)22(24)29/h4-7,12-14H,8-11H2,1-3H3. The van der Waals surface area contributed by atoms with Crippen molar-refractivity contribution in [1.29, 1.82) is 0 Å². The van der Waals surface area contributed by atoms with Gasteiger partial charge in [0.15, 0.2) is 0 Å². The number of anilines is 1. The molecule has 0 saturated heterocycles. The van der Waals surface area contributed by atoms with Gasteiger partial charge in [0.1, 0.15) is 0 Å². The summed E-state index contributed by atoms with van der Waals surface area (Å²) < 4.78 is 13.3. The Kier molecular flexibility index (Phi) is 3.83. The number of halogens is 1. The van der Waals surface area contributed by atoms with Crippen molar-refractivity contribution < 1.29 is 9.18 Å². The molecule has 0 N–H and O–H groups in total. The van der Waals surface area contributed by atoms with E-state index in [0.29, 0.717) is 0 Å². The Morgan fingerprint density at radius 2 is 1.69 bits per heavy atom. The first-order chi connectivity index (χ1) is 13.8. The number of benzene rings is 1. The van der Waals surface area contributed by atoms with Crippen LogP contribution < -0.4 is 4.90 Å². The van der Waals surface area contributed by atoms with Gasteiger partial charge in [0.25, 0.3) is 0 Å². The number of carbonyl (C=O) groups excluding carboxylic acids is 1. The molecule has 148 valence electrons. The van der Waals surface area contributed by atoms with Crippen LogP contribution >= 0.6 is 0 Å². The lowest BCUT2D eigenvalue weighted by Gasteiger charge is -2.40. The van der Waals surface area contributed by atoms with Gasteiger partial charge in [-0.25, -0.2) is 4.98 Å². The third-order valence-electron chi connectivity index (χ3n) is 6.92. The molecule has 0 bridgehead atoms. The molecule has 3 heterocycles. The molecular formula is C24H24FN3O. The fraction of sp³-hybridized carbons (Fsp3) is 0.375. The number of likely N-dealkylation sites (N-methyl/N-ethyl adjacent to an activating group) is 1. The van der Waals surface area contributed by atoms with Gasteiger partial charge in [0, 0.05) is 29.8 Å². The van der Waals surface area contributed by atoms with Crippen LogP contribution in [0.15, 0.2) is 42.7 Å². The fourth-order valence-electron chi connectivity index (χ4n) is 5.02. The van der Waals surface area contributed by atoms with E-state index in [1.807, 2.05) is 25.4 Å². The topological polar surface area (TPSA) is 46.1 Å². The molecule has 0 radical (unpaired) electrons. The van der Waals surface area contributed by atoms with Crippen LogP contribution in [0, 0.1) is 11.4 Å². The van der Waals surface area contributed by atoms with Gasteiger partial charge >= 0.3 is 0 Å². The van der Waals surface area contributed by atoms with Crippen LogP contribution in [0.3, 0.4) is 0 Å². The minimum absolute atomic E-state index is 0.186. The average Bonchev–Trinajstić information content (AvgIpc) is 2.93. The molecule has 1 saturated carbocycles. The minimum Gasteiger partial charge on any atom is -0.313 e. The van der Waals surface area contributed by atoms with Gasteiger partial charge in [-0.05, 0) is 60.9 Å². The summed E-state index contributed by atoms with van der Waals surface area (Å²) in [7, 11) is 1.86. The number of fused-ring (bicyclic) bond motifs is 4. The lowest BCUT2D eigenvalue weighted by Crippen LogP contribution is -2.43. The lowest BCUT2D eigenvalue weighted by atomic mass is 9.62. The van der Waals surface area contributed by atoms with Crippen molar-refractivity contribution >= 4 is 22.5 Å². The predicted octanol–water partition coefficient (Wildman–Crippen LogP) is 5.25. The Hall–Kier alpha value is -2.82. The normalized spacial score (nSPS) is 19.7. The zero-order valence-corrected chi connectivity index (χ0v) is 17.0. The molecule has 1 aliphatic carbocycles. The van der Waals surface area contributed by atoms with Crippen molar-refractivity contribution in [2.24, 2.45) is 5.41 Å². The Morgan fingerprint density at radius 3 is 2.38 bits per heavy atom. The van der Waals surface area contributed by atoms with E-state index in [0.717, 1.165) is 59.0 Å². The van der Waals surface area contributed by atoms with E-state index in [-0.39, 0.29) is 11.3 Å². The van der Waals surface area contributed by atoms with Gasteiger partial charge in [-0.2, -0.15) is 4.39 Å². The summed E-state index contributed by atoms with van der Waals surface area (Å²) in [6.07, 6.45) is 7.15. The first-order valence-electron chi connectivity index (χ1n) is 10.1. The molecule has 5 rings (SSSR count). The molecule has 3 aromatic rings. The lowest BCUT2D eigenvalue weighted by molar-refractivity contribution is -0.124. The van der Waals surface area contributed by atoms with Crippen molar-refractivity contribution in [3.05, 3.63) is 54.2 Å². The first-order valence-corrected chi connectivity index (χ1v) is 10.1. The van der Waals surface area contributed by atoms with Crippen LogP contribution in [0.5, 0.6) is 0 Å². The van der Waals surface area contributed by atoms with Crippen LogP contribution in [-0.2, 0) is 10.2 Å². The molecule has 4 nitrogen and oxygen atoms in total. The number of hydrogen-bond acceptors (Lipinski definition) is 3. The highest BCUT2D eigenvalue weighted by molar-refractivity contribution is 6.12. The van der Waals surface area contributed by atoms with Crippen LogP contribution in [0.1, 0.15) is 45.1 Å². The maximum Gasteiger partial charge on any atom is 0.237 e. The van der Waals surface area contributed by atoms with E-state index in [1.54, 1.807) is 17.2 Å². The molecule has 2 aromatic heterocycles. The molecule has 29 heavy (non-hydrogen) atoms. The summed E-state index contributed by atoms with van der Waals surface area (Å²) in [4.78, 5) is 23.6. The van der Waals surface area contributed by atoms with Crippen LogP contribution in [0.2, 0.25) is 0 Å². The third-order valence-corrected chi connectivity index (χ3v) is 6.92. The van der Waals surface area contributed by atoms with E-state index < -0.39 is 11.4 Å². The van der Waals surface area contributed by atoms with E-state index in [1.165, 1.54) is 6.07 Å². The monoisotopic (exact) mass is 389 g/mol. The second-order valence-corrected chi connectivity index (χ2v) is 9.23. The second kappa shape index (κ2) is 6.09. The number of rotatable bonds is 1. The van der Waals surface area contributed by atoms with E-state index in [4.69, 9.17) is 0 Å². The maximum atomic E-state index is 13.4. The maximum absolute atomic E-state index is 13.4. The van der Waals surface area contributed by atoms with Gasteiger partial charge in [-0.3, -0.25) is 9.78 Å². The number of hydrogen-bond donors (Lipinski definition) is 0. The molecule has 0 atom stereocenters. The van der Waals surface area contributed by atoms with E-state index in [9.17, 15) is 9.18 Å². The summed E-state index contributed by atoms with van der Waals surface area (Å²) >= 11 is 0. The van der Waals surface area contributed by atoms with Crippen molar-refractivity contribution in [1.82, 2.24) is 9.97 Å². The smallest absolute Gasteiger partial charge is 0.237 e. The molecule has 1 aliphatic heterocycles. The predicted molar refractivity (Wildman–Crippen MR) is 112 cm³/mol. The highest BCUT2D eigenvalue weighted by Gasteiger charge is 2.53. The molecule has 1 fully saturated rings. The zero-order valence-electron chi connectivity index (χ0n) is 17.0. The Balaban J connectivity index is 1.72. The number of pyridine rings is 2. The SMILES string of the molecule is CN1C(=O)C2(CCC(C)(C)CC2)c2c1cnc1ccc(-c3ccc(F)nc3)cc21. The Morgan fingerprint density at radius 1 is 0.966 bits per heavy atom. The van der Waals surface area contributed by atoms with Crippen molar-refractivity contribution in [2.45, 2.75) is 44.9 Å². The number of amides is 1. The molecular weight excluding hydrogens is 365 g/mol. The second-order valence-electron chi connectivity index (χ2n) is 9.23. The Labute approximate surface area is 169 Å². The summed E-state index contributed by atoms with van der Waals surface area (Å²) in [6, 6.07) is 9.15. The summed E-state index contributed by atoms with van der Waals surface area (Å²) in [5.41, 5.74) is 4.51. The quantitative estimate of drug-likeness (QED) is 0.534. The van der Waals surface area contributed by atoms with Gasteiger partial charge in [-0.15, -0.1) is 0 Å². The molecule has 2 aliphatic rings. The van der Waals surface area contributed by atoms with Crippen LogP contribution in [0.4, 0.5) is 10.1 Å². The Bertz CT molecular complexity index is 1130. The average molecular weight is 389 g/mol. The van der Waals surface area contributed by atoms with Crippen molar-refractivity contribution in [2.75, 3.05) is 11.9 Å². The highest BCUT2D eigenvalue weighted by Crippen LogP contribution is 2.55. The van der Waals surface area contributed by atoms with Gasteiger partial charge in [-0.1, -0.05) is 19.9 Å².